The van der Waals surface area contributed by atoms with Crippen LogP contribution >= 0.6 is 24.0 Å². The van der Waals surface area contributed by atoms with Crippen LogP contribution in [0.1, 0.15) is 26.7 Å². The highest BCUT2D eigenvalue weighted by Crippen LogP contribution is 2.17. The van der Waals surface area contributed by atoms with E-state index in [0.29, 0.717) is 12.5 Å². The van der Waals surface area contributed by atoms with Gasteiger partial charge < -0.3 is 20.5 Å². The molecule has 0 amide bonds. The summed E-state index contributed by atoms with van der Waals surface area (Å²) >= 11 is 0. The molecular weight excluding hydrogens is 381 g/mol. The molecule has 0 bridgehead atoms. The quantitative estimate of drug-likeness (QED) is 0.449. The maximum atomic E-state index is 5.85. The van der Waals surface area contributed by atoms with E-state index in [-0.39, 0.29) is 36.2 Å². The number of nitrogens with two attached hydrogens (primary N) is 1. The van der Waals surface area contributed by atoms with Gasteiger partial charge in [-0.15, -0.1) is 24.0 Å². The van der Waals surface area contributed by atoms with E-state index in [1.165, 1.54) is 0 Å². The van der Waals surface area contributed by atoms with Gasteiger partial charge in [0.2, 0.25) is 0 Å². The molecule has 1 aromatic carbocycles. The summed E-state index contributed by atoms with van der Waals surface area (Å²) in [5, 5.41) is 3.06. The molecule has 1 atom stereocenters. The van der Waals surface area contributed by atoms with Crippen molar-refractivity contribution in [1.82, 2.24) is 0 Å². The van der Waals surface area contributed by atoms with Crippen LogP contribution in [-0.4, -0.2) is 31.3 Å². The molecule has 2 rings (SSSR count). The number of guanidine groups is 1. The van der Waals surface area contributed by atoms with Crippen LogP contribution in [0.5, 0.6) is 5.75 Å². The van der Waals surface area contributed by atoms with Gasteiger partial charge in [0.25, 0.3) is 0 Å². The Bertz CT molecular complexity index is 443. The van der Waals surface area contributed by atoms with Gasteiger partial charge in [0.15, 0.2) is 5.96 Å². The standard InChI is InChI=1S/C15H23N3O2.HI/c1-11(2)20-13-7-5-12(6-8-13)18-15(16)17-10-14-4-3-9-19-14;/h5-8,11,14H,3-4,9-10H2,1-2H3,(H3,16,17,18);1H. The molecular formula is C15H24IN3O2. The van der Waals surface area contributed by atoms with Crippen LogP contribution in [0.15, 0.2) is 29.3 Å². The van der Waals surface area contributed by atoms with Gasteiger partial charge in [0.05, 0.1) is 18.8 Å². The Kier molecular flexibility index (Phi) is 7.81. The third-order valence-corrected chi connectivity index (χ3v) is 2.99. The van der Waals surface area contributed by atoms with Crippen LogP contribution < -0.4 is 15.8 Å². The maximum absolute atomic E-state index is 5.85. The summed E-state index contributed by atoms with van der Waals surface area (Å²) in [6.07, 6.45) is 2.58. The minimum absolute atomic E-state index is 0. The van der Waals surface area contributed by atoms with Gasteiger partial charge >= 0.3 is 0 Å². The average Bonchev–Trinajstić information content (AvgIpc) is 2.91. The summed E-state index contributed by atoms with van der Waals surface area (Å²) < 4.78 is 11.1. The SMILES string of the molecule is CC(C)Oc1ccc(NC(N)=NCC2CCCO2)cc1.I. The van der Waals surface area contributed by atoms with Crippen LogP contribution in [-0.2, 0) is 4.74 Å². The number of nitrogens with one attached hydrogen (secondary N) is 1. The number of hydrogen-bond acceptors (Lipinski definition) is 3. The first-order chi connectivity index (χ1) is 9.63. The highest BCUT2D eigenvalue weighted by Gasteiger charge is 2.14. The number of rotatable bonds is 5. The molecule has 21 heavy (non-hydrogen) atoms. The van der Waals surface area contributed by atoms with Crippen molar-refractivity contribution < 1.29 is 9.47 Å². The Morgan fingerprint density at radius 3 is 2.71 bits per heavy atom. The smallest absolute Gasteiger partial charge is 0.193 e. The summed E-state index contributed by atoms with van der Waals surface area (Å²) in [7, 11) is 0. The summed E-state index contributed by atoms with van der Waals surface area (Å²) in [6.45, 7) is 5.46. The molecule has 1 heterocycles. The second kappa shape index (κ2) is 9.09. The molecule has 1 aliphatic rings. The lowest BCUT2D eigenvalue weighted by molar-refractivity contribution is 0.118. The van der Waals surface area contributed by atoms with Crippen LogP contribution in [0, 0.1) is 0 Å². The van der Waals surface area contributed by atoms with Crippen molar-refractivity contribution in [3.05, 3.63) is 24.3 Å². The van der Waals surface area contributed by atoms with Gasteiger partial charge in [0.1, 0.15) is 5.75 Å². The monoisotopic (exact) mass is 405 g/mol. The predicted molar refractivity (Wildman–Crippen MR) is 96.7 cm³/mol. The van der Waals surface area contributed by atoms with Crippen molar-refractivity contribution in [2.45, 2.75) is 38.9 Å². The predicted octanol–water partition coefficient (Wildman–Crippen LogP) is 3.00. The zero-order valence-corrected chi connectivity index (χ0v) is 14.9. The fourth-order valence-corrected chi connectivity index (χ4v) is 2.06. The van der Waals surface area contributed by atoms with E-state index in [4.69, 9.17) is 15.2 Å². The summed E-state index contributed by atoms with van der Waals surface area (Å²) in [5.74, 6) is 1.26. The van der Waals surface area contributed by atoms with Crippen LogP contribution in [0.2, 0.25) is 0 Å². The Hall–Kier alpha value is -1.02. The van der Waals surface area contributed by atoms with Gasteiger partial charge in [-0.3, -0.25) is 4.99 Å². The molecule has 5 nitrogen and oxygen atoms in total. The lowest BCUT2D eigenvalue weighted by Crippen LogP contribution is -2.24. The van der Waals surface area contributed by atoms with E-state index in [0.717, 1.165) is 30.9 Å². The van der Waals surface area contributed by atoms with Crippen LogP contribution in [0.3, 0.4) is 0 Å². The molecule has 6 heteroatoms. The second-order valence-electron chi connectivity index (χ2n) is 5.18. The van der Waals surface area contributed by atoms with Gasteiger partial charge in [-0.1, -0.05) is 0 Å². The zero-order chi connectivity index (χ0) is 14.4. The summed E-state index contributed by atoms with van der Waals surface area (Å²) in [5.41, 5.74) is 6.75. The first-order valence-electron chi connectivity index (χ1n) is 7.09. The van der Waals surface area contributed by atoms with Crippen molar-refractivity contribution in [3.63, 3.8) is 0 Å². The molecule has 0 spiro atoms. The highest BCUT2D eigenvalue weighted by atomic mass is 127. The number of aliphatic imine (C=N–C) groups is 1. The summed E-state index contributed by atoms with van der Waals surface area (Å²) in [6, 6.07) is 7.67. The van der Waals surface area contributed by atoms with Crippen molar-refractivity contribution in [1.29, 1.82) is 0 Å². The van der Waals surface area contributed by atoms with E-state index in [1.54, 1.807) is 0 Å². The minimum Gasteiger partial charge on any atom is -0.491 e. The Labute approximate surface area is 143 Å². The van der Waals surface area contributed by atoms with E-state index in [1.807, 2.05) is 38.1 Å². The first kappa shape index (κ1) is 18.0. The Balaban J connectivity index is 0.00000220. The second-order valence-corrected chi connectivity index (χ2v) is 5.18. The van der Waals surface area contributed by atoms with Crippen molar-refractivity contribution in [3.8, 4) is 5.75 Å². The highest BCUT2D eigenvalue weighted by molar-refractivity contribution is 14.0. The van der Waals surface area contributed by atoms with E-state index >= 15 is 0 Å². The van der Waals surface area contributed by atoms with Crippen molar-refractivity contribution in [2.75, 3.05) is 18.5 Å². The lowest BCUT2D eigenvalue weighted by atomic mass is 10.2. The average molecular weight is 405 g/mol. The van der Waals surface area contributed by atoms with Crippen LogP contribution in [0.4, 0.5) is 5.69 Å². The molecule has 0 radical (unpaired) electrons. The largest absolute Gasteiger partial charge is 0.491 e. The maximum Gasteiger partial charge on any atom is 0.193 e. The molecule has 1 aromatic rings. The van der Waals surface area contributed by atoms with Crippen molar-refractivity contribution in [2.24, 2.45) is 10.7 Å². The summed E-state index contributed by atoms with van der Waals surface area (Å²) in [4.78, 5) is 4.30. The number of halogens is 1. The third-order valence-electron chi connectivity index (χ3n) is 2.99. The minimum atomic E-state index is 0. The van der Waals surface area contributed by atoms with Crippen LogP contribution in [0.25, 0.3) is 0 Å². The molecule has 3 N–H and O–H groups in total. The fraction of sp³-hybridized carbons (Fsp3) is 0.533. The molecule has 1 fully saturated rings. The topological polar surface area (TPSA) is 68.9 Å². The molecule has 1 saturated heterocycles. The van der Waals surface area contributed by atoms with Gasteiger partial charge in [-0.05, 0) is 51.0 Å². The Morgan fingerprint density at radius 2 is 2.14 bits per heavy atom. The molecule has 1 aliphatic heterocycles. The van der Waals surface area contributed by atoms with Crippen molar-refractivity contribution >= 4 is 35.6 Å². The van der Waals surface area contributed by atoms with Gasteiger partial charge in [-0.25, -0.2) is 0 Å². The molecule has 1 unspecified atom stereocenters. The fourth-order valence-electron chi connectivity index (χ4n) is 2.06. The van der Waals surface area contributed by atoms with Gasteiger partial charge in [0, 0.05) is 12.3 Å². The lowest BCUT2D eigenvalue weighted by Gasteiger charge is -2.11. The molecule has 118 valence electrons. The molecule has 0 aromatic heterocycles. The normalized spacial score (nSPS) is 18.4. The molecule has 0 saturated carbocycles. The number of ether oxygens (including phenoxy) is 2. The van der Waals surface area contributed by atoms with E-state index < -0.39 is 0 Å². The Morgan fingerprint density at radius 1 is 1.43 bits per heavy atom. The van der Waals surface area contributed by atoms with E-state index in [2.05, 4.69) is 10.3 Å². The zero-order valence-electron chi connectivity index (χ0n) is 12.5. The number of benzene rings is 1. The van der Waals surface area contributed by atoms with Gasteiger partial charge in [-0.2, -0.15) is 0 Å². The molecule has 0 aliphatic carbocycles. The third kappa shape index (κ3) is 6.52. The first-order valence-corrected chi connectivity index (χ1v) is 7.09. The number of hydrogen-bond donors (Lipinski definition) is 2. The number of nitrogens with zero attached hydrogens (tertiary/aromatic N) is 1. The van der Waals surface area contributed by atoms with E-state index in [9.17, 15) is 0 Å². The number of anilines is 1.